The Labute approximate surface area is 84.3 Å². The molecule has 3 heteroatoms. The summed E-state index contributed by atoms with van der Waals surface area (Å²) in [6.07, 6.45) is 6.28. The molecular formula is C11H19F2N. The third-order valence-corrected chi connectivity index (χ3v) is 3.72. The first kappa shape index (κ1) is 10.3. The number of piperidine rings is 1. The van der Waals surface area contributed by atoms with Gasteiger partial charge in [0.2, 0.25) is 0 Å². The van der Waals surface area contributed by atoms with Crippen molar-refractivity contribution in [3.63, 3.8) is 0 Å². The van der Waals surface area contributed by atoms with Crippen molar-refractivity contribution in [2.24, 2.45) is 11.8 Å². The molecule has 0 aromatic heterocycles. The Bertz CT molecular complexity index is 188. The van der Waals surface area contributed by atoms with Crippen LogP contribution in [0.15, 0.2) is 0 Å². The second-order valence-electron chi connectivity index (χ2n) is 4.81. The van der Waals surface area contributed by atoms with Crippen molar-refractivity contribution in [3.8, 4) is 0 Å². The molecule has 1 saturated carbocycles. The molecule has 2 fully saturated rings. The van der Waals surface area contributed by atoms with E-state index in [1.54, 1.807) is 0 Å². The highest BCUT2D eigenvalue weighted by atomic mass is 19.3. The van der Waals surface area contributed by atoms with E-state index in [9.17, 15) is 8.78 Å². The zero-order chi connectivity index (χ0) is 10.0. The Hall–Kier alpha value is -0.180. The Morgan fingerprint density at radius 2 is 1.86 bits per heavy atom. The monoisotopic (exact) mass is 203 g/mol. The van der Waals surface area contributed by atoms with Crippen LogP contribution in [0.1, 0.15) is 38.5 Å². The molecule has 0 aromatic carbocycles. The molecule has 1 atom stereocenters. The summed E-state index contributed by atoms with van der Waals surface area (Å²) in [7, 11) is 0. The van der Waals surface area contributed by atoms with Crippen LogP contribution in [0.25, 0.3) is 0 Å². The van der Waals surface area contributed by atoms with Crippen LogP contribution in [0, 0.1) is 11.8 Å². The quantitative estimate of drug-likeness (QED) is 0.727. The lowest BCUT2D eigenvalue weighted by molar-refractivity contribution is -0.0806. The SMILES string of the molecule is FC1(F)CNCCC1CC1CCCC1. The van der Waals surface area contributed by atoms with Gasteiger partial charge in [-0.2, -0.15) is 0 Å². The zero-order valence-electron chi connectivity index (χ0n) is 8.57. The van der Waals surface area contributed by atoms with Gasteiger partial charge in [-0.3, -0.25) is 0 Å². The maximum Gasteiger partial charge on any atom is 0.263 e. The Morgan fingerprint density at radius 1 is 1.14 bits per heavy atom. The molecule has 1 saturated heterocycles. The fourth-order valence-corrected chi connectivity index (χ4v) is 2.83. The maximum absolute atomic E-state index is 13.5. The van der Waals surface area contributed by atoms with E-state index in [4.69, 9.17) is 0 Å². The number of halogens is 2. The van der Waals surface area contributed by atoms with Gasteiger partial charge in [0, 0.05) is 5.92 Å². The van der Waals surface area contributed by atoms with Gasteiger partial charge in [-0.15, -0.1) is 0 Å². The second kappa shape index (κ2) is 4.13. The lowest BCUT2D eigenvalue weighted by Gasteiger charge is -2.33. The van der Waals surface area contributed by atoms with E-state index in [1.807, 2.05) is 0 Å². The Balaban J connectivity index is 1.88. The summed E-state index contributed by atoms with van der Waals surface area (Å²) in [6, 6.07) is 0. The summed E-state index contributed by atoms with van der Waals surface area (Å²) in [6.45, 7) is 0.664. The minimum Gasteiger partial charge on any atom is -0.311 e. The summed E-state index contributed by atoms with van der Waals surface area (Å²) in [5.41, 5.74) is 0. The third kappa shape index (κ3) is 2.25. The average Bonchev–Trinajstić information content (AvgIpc) is 2.61. The van der Waals surface area contributed by atoms with E-state index in [0.29, 0.717) is 12.3 Å². The van der Waals surface area contributed by atoms with Crippen molar-refractivity contribution in [1.82, 2.24) is 5.32 Å². The topological polar surface area (TPSA) is 12.0 Å². The summed E-state index contributed by atoms with van der Waals surface area (Å²) < 4.78 is 26.9. The van der Waals surface area contributed by atoms with Gasteiger partial charge in [0.15, 0.2) is 0 Å². The van der Waals surface area contributed by atoms with Gasteiger partial charge < -0.3 is 5.32 Å². The van der Waals surface area contributed by atoms with Crippen molar-refractivity contribution >= 4 is 0 Å². The van der Waals surface area contributed by atoms with Crippen LogP contribution in [-0.4, -0.2) is 19.0 Å². The molecule has 0 aromatic rings. The standard InChI is InChI=1S/C11H19F2N/c12-11(13)8-14-6-5-10(11)7-9-3-1-2-4-9/h9-10,14H,1-8H2. The van der Waals surface area contributed by atoms with Crippen molar-refractivity contribution in [1.29, 1.82) is 0 Å². The third-order valence-electron chi connectivity index (χ3n) is 3.72. The summed E-state index contributed by atoms with van der Waals surface area (Å²) in [5.74, 6) is -2.23. The molecule has 1 N–H and O–H groups in total. The highest BCUT2D eigenvalue weighted by molar-refractivity contribution is 4.86. The average molecular weight is 203 g/mol. The highest BCUT2D eigenvalue weighted by Gasteiger charge is 2.42. The van der Waals surface area contributed by atoms with Gasteiger partial charge in [0.25, 0.3) is 5.92 Å². The van der Waals surface area contributed by atoms with E-state index in [-0.39, 0.29) is 12.5 Å². The lowest BCUT2D eigenvalue weighted by Crippen LogP contribution is -2.46. The fourth-order valence-electron chi connectivity index (χ4n) is 2.83. The van der Waals surface area contributed by atoms with E-state index in [0.717, 1.165) is 13.0 Å². The van der Waals surface area contributed by atoms with Crippen molar-refractivity contribution < 1.29 is 8.78 Å². The van der Waals surface area contributed by atoms with Crippen molar-refractivity contribution in [2.45, 2.75) is 44.4 Å². The van der Waals surface area contributed by atoms with Crippen LogP contribution in [0.2, 0.25) is 0 Å². The van der Waals surface area contributed by atoms with E-state index in [1.165, 1.54) is 25.7 Å². The van der Waals surface area contributed by atoms with Gasteiger partial charge in [-0.25, -0.2) is 8.78 Å². The van der Waals surface area contributed by atoms with Gasteiger partial charge in [-0.1, -0.05) is 25.7 Å². The van der Waals surface area contributed by atoms with E-state index >= 15 is 0 Å². The molecule has 0 bridgehead atoms. The van der Waals surface area contributed by atoms with Gasteiger partial charge in [-0.05, 0) is 25.3 Å². The normalized spacial score (nSPS) is 33.4. The van der Waals surface area contributed by atoms with Gasteiger partial charge in [0.05, 0.1) is 6.54 Å². The number of hydrogen-bond acceptors (Lipinski definition) is 1. The minimum absolute atomic E-state index is 0.107. The van der Waals surface area contributed by atoms with Gasteiger partial charge >= 0.3 is 0 Å². The first-order valence-electron chi connectivity index (χ1n) is 5.77. The Kier molecular flexibility index (Phi) is 3.05. The molecule has 1 heterocycles. The zero-order valence-corrected chi connectivity index (χ0v) is 8.57. The summed E-state index contributed by atoms with van der Waals surface area (Å²) in [5, 5.41) is 2.78. The first-order valence-corrected chi connectivity index (χ1v) is 5.77. The van der Waals surface area contributed by atoms with E-state index < -0.39 is 5.92 Å². The number of rotatable bonds is 2. The van der Waals surface area contributed by atoms with Gasteiger partial charge in [0.1, 0.15) is 0 Å². The molecule has 1 aliphatic heterocycles. The highest BCUT2D eigenvalue weighted by Crippen LogP contribution is 2.38. The first-order chi connectivity index (χ1) is 6.68. The molecule has 2 aliphatic rings. The smallest absolute Gasteiger partial charge is 0.263 e. The molecule has 0 amide bonds. The Morgan fingerprint density at radius 3 is 2.50 bits per heavy atom. The second-order valence-corrected chi connectivity index (χ2v) is 4.81. The van der Waals surface area contributed by atoms with Crippen LogP contribution in [-0.2, 0) is 0 Å². The molecule has 1 unspecified atom stereocenters. The number of hydrogen-bond donors (Lipinski definition) is 1. The van der Waals surface area contributed by atoms with E-state index in [2.05, 4.69) is 5.32 Å². The van der Waals surface area contributed by atoms with Crippen LogP contribution in [0.4, 0.5) is 8.78 Å². The largest absolute Gasteiger partial charge is 0.311 e. The molecule has 1 nitrogen and oxygen atoms in total. The van der Waals surface area contributed by atoms with Crippen LogP contribution >= 0.6 is 0 Å². The van der Waals surface area contributed by atoms with Crippen LogP contribution < -0.4 is 5.32 Å². The molecule has 14 heavy (non-hydrogen) atoms. The lowest BCUT2D eigenvalue weighted by atomic mass is 9.84. The maximum atomic E-state index is 13.5. The molecular weight excluding hydrogens is 184 g/mol. The number of alkyl halides is 2. The molecule has 0 spiro atoms. The fraction of sp³-hybridized carbons (Fsp3) is 1.00. The summed E-state index contributed by atoms with van der Waals surface area (Å²) in [4.78, 5) is 0. The number of nitrogens with one attached hydrogen (secondary N) is 1. The van der Waals surface area contributed by atoms with Crippen LogP contribution in [0.3, 0.4) is 0 Å². The molecule has 1 aliphatic carbocycles. The predicted molar refractivity (Wildman–Crippen MR) is 52.5 cm³/mol. The van der Waals surface area contributed by atoms with Crippen molar-refractivity contribution in [3.05, 3.63) is 0 Å². The summed E-state index contributed by atoms with van der Waals surface area (Å²) >= 11 is 0. The minimum atomic E-state index is -2.46. The predicted octanol–water partition coefficient (Wildman–Crippen LogP) is 2.81. The molecule has 2 rings (SSSR count). The molecule has 82 valence electrons. The molecule has 0 radical (unpaired) electrons. The van der Waals surface area contributed by atoms with Crippen molar-refractivity contribution in [2.75, 3.05) is 13.1 Å². The van der Waals surface area contributed by atoms with Crippen LogP contribution in [0.5, 0.6) is 0 Å².